The maximum Gasteiger partial charge on any atom is 0.494 e. The highest BCUT2D eigenvalue weighted by Crippen LogP contribution is 2.54. The molecule has 0 aliphatic rings. The average molecular weight is 392 g/mol. The number of rotatable bonds is 4. The van der Waals surface area contributed by atoms with E-state index in [1.807, 2.05) is 0 Å². The van der Waals surface area contributed by atoms with Crippen LogP contribution >= 0.6 is 53.8 Å². The lowest BCUT2D eigenvalue weighted by Gasteiger charge is -2.12. The molecule has 0 fully saturated rings. The maximum atomic E-state index is 11.1. The molecule has 0 unspecified atom stereocenters. The molecule has 0 atom stereocenters. The van der Waals surface area contributed by atoms with Crippen LogP contribution in [0, 0.1) is 0 Å². The zero-order valence-corrected chi connectivity index (χ0v) is 10.6. The van der Waals surface area contributed by atoms with Crippen LogP contribution in [0.3, 0.4) is 0 Å². The molecule has 4 nitrogen and oxygen atoms in total. The smallest absolute Gasteiger partial charge is 0.283 e. The molecule has 0 rings (SSSR count). The number of halogens is 2. The fourth-order valence-electron chi connectivity index (χ4n) is 0.301. The third kappa shape index (κ3) is 4.45. The van der Waals surface area contributed by atoms with Gasteiger partial charge in [-0.25, -0.2) is 10.3 Å². The van der Waals surface area contributed by atoms with E-state index in [2.05, 4.69) is 5.71 Å². The fourth-order valence-corrected chi connectivity index (χ4v) is 2.87. The Labute approximate surface area is 88.0 Å². The summed E-state index contributed by atoms with van der Waals surface area (Å²) in [6.45, 7) is 3.50. The molecule has 0 amide bonds. The van der Waals surface area contributed by atoms with Crippen LogP contribution in [0.5, 0.6) is 0 Å². The van der Waals surface area contributed by atoms with Gasteiger partial charge in [-0.05, 0) is 13.8 Å². The Morgan fingerprint density at radius 1 is 1.30 bits per heavy atom. The summed E-state index contributed by atoms with van der Waals surface area (Å²) in [5.41, 5.74) is 0. The quantitative estimate of drug-likeness (QED) is 0.545. The Morgan fingerprint density at radius 3 is 1.80 bits per heavy atom. The van der Waals surface area contributed by atoms with Crippen molar-refractivity contribution in [2.24, 2.45) is 0 Å². The Morgan fingerprint density at radius 2 is 1.70 bits per heavy atom. The second-order valence-corrected chi connectivity index (χ2v) is 5.48. The molecule has 0 aliphatic heterocycles. The molecule has 0 bridgehead atoms. The van der Waals surface area contributed by atoms with Gasteiger partial charge in [-0.1, -0.05) is 0 Å². The topological polar surface area (TPSA) is 44.8 Å². The first-order valence-electron chi connectivity index (χ1n) is 2.43. The maximum absolute atomic E-state index is 11.1. The van der Waals surface area contributed by atoms with Crippen LogP contribution in [0.4, 0.5) is 0 Å². The van der Waals surface area contributed by atoms with Crippen molar-refractivity contribution in [1.82, 2.24) is 0 Å². The summed E-state index contributed by atoms with van der Waals surface area (Å²) in [7, 11) is -3.26. The van der Waals surface area contributed by atoms with E-state index in [4.69, 9.17) is 4.52 Å². The van der Waals surface area contributed by atoms with E-state index >= 15 is 0 Å². The molecular formula is C3H7I2O4P. The van der Waals surface area contributed by atoms with E-state index in [9.17, 15) is 4.57 Å². The van der Waals surface area contributed by atoms with Gasteiger partial charge < -0.3 is 0 Å². The summed E-state index contributed by atoms with van der Waals surface area (Å²) in [6, 6.07) is 0. The SMILES string of the molecule is CC(C)OP(=O)(OI)OI. The standard InChI is InChI=1S/C3H7I2O4P/c1-3(2)7-10(6,8-4)9-5/h3H,1-2H3. The van der Waals surface area contributed by atoms with E-state index in [-0.39, 0.29) is 6.10 Å². The van der Waals surface area contributed by atoms with Crippen LogP contribution in [0.25, 0.3) is 0 Å². The molecule has 0 aliphatic carbocycles. The first kappa shape index (κ1) is 11.6. The van der Waals surface area contributed by atoms with Gasteiger partial charge in [0.2, 0.25) is 0 Å². The van der Waals surface area contributed by atoms with Gasteiger partial charge in [0.25, 0.3) is 0 Å². The molecule has 0 spiro atoms. The molecule has 0 aromatic rings. The lowest BCUT2D eigenvalue weighted by atomic mass is 10.5. The first-order valence-corrected chi connectivity index (χ1v) is 5.65. The van der Waals surface area contributed by atoms with Crippen molar-refractivity contribution in [1.29, 1.82) is 0 Å². The zero-order chi connectivity index (χ0) is 8.20. The minimum Gasteiger partial charge on any atom is -0.283 e. The van der Waals surface area contributed by atoms with Crippen molar-refractivity contribution in [3.63, 3.8) is 0 Å². The van der Waals surface area contributed by atoms with E-state index in [1.165, 1.54) is 46.0 Å². The van der Waals surface area contributed by atoms with Gasteiger partial charge >= 0.3 is 7.82 Å². The molecule has 0 N–H and O–H groups in total. The number of hydrogen-bond donors (Lipinski definition) is 0. The molecule has 0 heterocycles. The first-order chi connectivity index (χ1) is 4.54. The normalized spacial score (nSPS) is 12.5. The molecule has 10 heavy (non-hydrogen) atoms. The summed E-state index contributed by atoms with van der Waals surface area (Å²) in [5.74, 6) is 0. The van der Waals surface area contributed by atoms with Crippen molar-refractivity contribution in [3.05, 3.63) is 0 Å². The monoisotopic (exact) mass is 392 g/mol. The van der Waals surface area contributed by atoms with E-state index in [1.54, 1.807) is 13.8 Å². The molecule has 0 saturated carbocycles. The average Bonchev–Trinajstić information content (AvgIpc) is 1.87. The third-order valence-electron chi connectivity index (χ3n) is 0.509. The van der Waals surface area contributed by atoms with Crippen LogP contribution in [0.1, 0.15) is 13.8 Å². The van der Waals surface area contributed by atoms with Crippen molar-refractivity contribution in [2.75, 3.05) is 0 Å². The Kier molecular flexibility index (Phi) is 6.08. The Hall–Kier alpha value is 1.57. The minimum atomic E-state index is -3.26. The van der Waals surface area contributed by atoms with Crippen LogP contribution < -0.4 is 0 Å². The zero-order valence-electron chi connectivity index (χ0n) is 5.41. The van der Waals surface area contributed by atoms with E-state index < -0.39 is 7.82 Å². The minimum absolute atomic E-state index is 0.171. The largest absolute Gasteiger partial charge is 0.494 e. The highest BCUT2D eigenvalue weighted by Gasteiger charge is 2.26. The summed E-state index contributed by atoms with van der Waals surface area (Å²) in [5, 5.41) is 0. The second kappa shape index (κ2) is 5.26. The Bertz CT molecular complexity index is 130. The van der Waals surface area contributed by atoms with Gasteiger partial charge in [-0.2, -0.15) is 0 Å². The number of hydrogen-bond acceptors (Lipinski definition) is 4. The van der Waals surface area contributed by atoms with Gasteiger partial charge in [0.15, 0.2) is 0 Å². The summed E-state index contributed by atoms with van der Waals surface area (Å²) in [4.78, 5) is 0. The van der Waals surface area contributed by atoms with Crippen LogP contribution in [-0.2, 0) is 14.8 Å². The van der Waals surface area contributed by atoms with Crippen LogP contribution in [0.15, 0.2) is 0 Å². The highest BCUT2D eigenvalue weighted by molar-refractivity contribution is 14.1. The molecule has 0 saturated heterocycles. The molecular weight excluding hydrogens is 385 g/mol. The molecule has 7 heteroatoms. The predicted octanol–water partition coefficient (Wildman–Crippen LogP) is 3.25. The number of phosphoric acid groups is 1. The van der Waals surface area contributed by atoms with Crippen LogP contribution in [-0.4, -0.2) is 6.10 Å². The highest BCUT2D eigenvalue weighted by atomic mass is 127. The van der Waals surface area contributed by atoms with Crippen molar-refractivity contribution >= 4 is 53.8 Å². The van der Waals surface area contributed by atoms with Crippen molar-refractivity contribution < 1.29 is 14.8 Å². The summed E-state index contributed by atoms with van der Waals surface area (Å²) >= 11 is 2.96. The molecule has 0 aromatic carbocycles. The van der Waals surface area contributed by atoms with Gasteiger partial charge in [0, 0.05) is 0 Å². The van der Waals surface area contributed by atoms with Crippen molar-refractivity contribution in [3.8, 4) is 0 Å². The van der Waals surface area contributed by atoms with E-state index in [0.29, 0.717) is 0 Å². The van der Waals surface area contributed by atoms with Crippen LogP contribution in [0.2, 0.25) is 0 Å². The molecule has 62 valence electrons. The summed E-state index contributed by atoms with van der Waals surface area (Å²) in [6.07, 6.45) is -0.171. The summed E-state index contributed by atoms with van der Waals surface area (Å²) < 4.78 is 24.9. The van der Waals surface area contributed by atoms with Gasteiger partial charge in [0.05, 0.1) is 6.10 Å². The fraction of sp³-hybridized carbons (Fsp3) is 1.00. The third-order valence-corrected chi connectivity index (χ3v) is 4.42. The lowest BCUT2D eigenvalue weighted by Crippen LogP contribution is -1.99. The van der Waals surface area contributed by atoms with Crippen molar-refractivity contribution in [2.45, 2.75) is 20.0 Å². The lowest BCUT2D eigenvalue weighted by molar-refractivity contribution is 0.189. The van der Waals surface area contributed by atoms with E-state index in [0.717, 1.165) is 0 Å². The molecule has 0 radical (unpaired) electrons. The van der Waals surface area contributed by atoms with Gasteiger partial charge in [0.1, 0.15) is 46.0 Å². The Balaban J connectivity index is 3.94. The second-order valence-electron chi connectivity index (χ2n) is 1.74. The van der Waals surface area contributed by atoms with Gasteiger partial charge in [-0.3, -0.25) is 4.52 Å². The van der Waals surface area contributed by atoms with Gasteiger partial charge in [-0.15, -0.1) is 0 Å². The predicted molar refractivity (Wildman–Crippen MR) is 54.0 cm³/mol. The molecule has 0 aromatic heterocycles.